The molecule has 27 heavy (non-hydrogen) atoms. The van der Waals surface area contributed by atoms with Crippen molar-refractivity contribution in [1.29, 1.82) is 0 Å². The van der Waals surface area contributed by atoms with E-state index in [2.05, 4.69) is 0 Å². The Balaban J connectivity index is 0.000000271. The molecule has 2 atom stereocenters. The van der Waals surface area contributed by atoms with E-state index in [0.717, 1.165) is 16.9 Å². The Morgan fingerprint density at radius 1 is 0.926 bits per heavy atom. The second-order valence-electron chi connectivity index (χ2n) is 5.82. The maximum absolute atomic E-state index is 10.5. The van der Waals surface area contributed by atoms with Crippen molar-refractivity contribution in [1.82, 2.24) is 0 Å². The van der Waals surface area contributed by atoms with Crippen molar-refractivity contribution in [2.75, 3.05) is 7.11 Å². The largest absolute Gasteiger partial charge is 0.508 e. The van der Waals surface area contributed by atoms with Gasteiger partial charge in [0.1, 0.15) is 23.6 Å². The van der Waals surface area contributed by atoms with Gasteiger partial charge in [-0.1, -0.05) is 24.3 Å². The molecule has 0 radical (unpaired) electrons. The third kappa shape index (κ3) is 8.21. The number of benzene rings is 2. The van der Waals surface area contributed by atoms with Crippen LogP contribution in [0.25, 0.3) is 0 Å². The molecular weight excluding hydrogens is 352 g/mol. The van der Waals surface area contributed by atoms with Gasteiger partial charge in [0.15, 0.2) is 0 Å². The van der Waals surface area contributed by atoms with Crippen LogP contribution in [-0.4, -0.2) is 46.5 Å². The van der Waals surface area contributed by atoms with Crippen LogP contribution in [0.4, 0.5) is 0 Å². The van der Waals surface area contributed by atoms with Crippen molar-refractivity contribution in [2.45, 2.75) is 24.9 Å². The van der Waals surface area contributed by atoms with Crippen LogP contribution in [0.2, 0.25) is 0 Å². The SMILES string of the molecule is COc1ccc(CC(N)C(=O)O)cc1.NC(Cc1cccc(O)c1)C(=O)O. The summed E-state index contributed by atoms with van der Waals surface area (Å²) < 4.78 is 4.97. The predicted octanol–water partition coefficient (Wildman–Crippen LogP) is 0.996. The summed E-state index contributed by atoms with van der Waals surface area (Å²) in [5.41, 5.74) is 12.3. The lowest BCUT2D eigenvalue weighted by Gasteiger charge is -2.06. The molecule has 146 valence electrons. The Bertz CT molecular complexity index is 748. The summed E-state index contributed by atoms with van der Waals surface area (Å²) >= 11 is 0. The second-order valence-corrected chi connectivity index (χ2v) is 5.82. The second kappa shape index (κ2) is 10.8. The number of hydrogen-bond donors (Lipinski definition) is 5. The minimum Gasteiger partial charge on any atom is -0.508 e. The molecule has 0 fully saturated rings. The van der Waals surface area contributed by atoms with Crippen LogP contribution in [0, 0.1) is 0 Å². The Morgan fingerprint density at radius 2 is 1.44 bits per heavy atom. The van der Waals surface area contributed by atoms with E-state index in [1.807, 2.05) is 12.1 Å². The number of hydrogen-bond acceptors (Lipinski definition) is 6. The van der Waals surface area contributed by atoms with Gasteiger partial charge in [0.05, 0.1) is 7.11 Å². The van der Waals surface area contributed by atoms with Crippen LogP contribution >= 0.6 is 0 Å². The zero-order valence-corrected chi connectivity index (χ0v) is 14.9. The Hall–Kier alpha value is -3.10. The summed E-state index contributed by atoms with van der Waals surface area (Å²) in [6.45, 7) is 0. The van der Waals surface area contributed by atoms with E-state index < -0.39 is 24.0 Å². The lowest BCUT2D eigenvalue weighted by atomic mass is 10.1. The molecule has 7 N–H and O–H groups in total. The molecule has 0 aliphatic carbocycles. The maximum atomic E-state index is 10.5. The van der Waals surface area contributed by atoms with Crippen molar-refractivity contribution in [3.05, 3.63) is 59.7 Å². The number of nitrogens with two attached hydrogens (primary N) is 2. The van der Waals surface area contributed by atoms with Crippen LogP contribution in [0.15, 0.2) is 48.5 Å². The first-order chi connectivity index (χ1) is 12.7. The van der Waals surface area contributed by atoms with Crippen molar-refractivity contribution in [3.63, 3.8) is 0 Å². The van der Waals surface area contributed by atoms with Gasteiger partial charge in [0.25, 0.3) is 0 Å². The van der Waals surface area contributed by atoms with Crippen LogP contribution in [0.5, 0.6) is 11.5 Å². The van der Waals surface area contributed by atoms with E-state index in [0.29, 0.717) is 6.42 Å². The first-order valence-electron chi connectivity index (χ1n) is 8.10. The number of aromatic hydroxyl groups is 1. The highest BCUT2D eigenvalue weighted by Crippen LogP contribution is 2.13. The lowest BCUT2D eigenvalue weighted by molar-refractivity contribution is -0.139. The number of carbonyl (C=O) groups is 2. The fourth-order valence-corrected chi connectivity index (χ4v) is 2.13. The summed E-state index contributed by atoms with van der Waals surface area (Å²) in [5, 5.41) is 26.2. The third-order valence-corrected chi connectivity index (χ3v) is 3.62. The molecule has 0 aliphatic rings. The van der Waals surface area contributed by atoms with Crippen molar-refractivity contribution in [3.8, 4) is 11.5 Å². The third-order valence-electron chi connectivity index (χ3n) is 3.62. The maximum Gasteiger partial charge on any atom is 0.320 e. The summed E-state index contributed by atoms with van der Waals surface area (Å²) in [5.74, 6) is -1.16. The van der Waals surface area contributed by atoms with Gasteiger partial charge < -0.3 is 31.5 Å². The predicted molar refractivity (Wildman–Crippen MR) is 99.7 cm³/mol. The van der Waals surface area contributed by atoms with Gasteiger partial charge in [-0.2, -0.15) is 0 Å². The molecule has 0 bridgehead atoms. The van der Waals surface area contributed by atoms with E-state index in [1.165, 1.54) is 12.1 Å². The van der Waals surface area contributed by atoms with E-state index in [4.69, 9.17) is 31.5 Å². The molecule has 2 aromatic carbocycles. The van der Waals surface area contributed by atoms with E-state index in [-0.39, 0.29) is 12.2 Å². The average molecular weight is 376 g/mol. The fraction of sp³-hybridized carbons (Fsp3) is 0.263. The Labute approximate surface area is 157 Å². The average Bonchev–Trinajstić information content (AvgIpc) is 2.62. The van der Waals surface area contributed by atoms with Gasteiger partial charge in [-0.3, -0.25) is 9.59 Å². The van der Waals surface area contributed by atoms with Gasteiger partial charge in [0, 0.05) is 0 Å². The molecule has 0 spiro atoms. The number of aliphatic carboxylic acids is 2. The first kappa shape index (κ1) is 21.9. The molecule has 8 heteroatoms. The van der Waals surface area contributed by atoms with Gasteiger partial charge >= 0.3 is 11.9 Å². The summed E-state index contributed by atoms with van der Waals surface area (Å²) in [7, 11) is 1.58. The summed E-state index contributed by atoms with van der Waals surface area (Å²) in [6.07, 6.45) is 0.559. The Kier molecular flexibility index (Phi) is 8.77. The molecule has 2 rings (SSSR count). The molecule has 8 nitrogen and oxygen atoms in total. The highest BCUT2D eigenvalue weighted by Gasteiger charge is 2.12. The molecule has 2 unspecified atom stereocenters. The number of phenols is 1. The monoisotopic (exact) mass is 376 g/mol. The smallest absolute Gasteiger partial charge is 0.320 e. The van der Waals surface area contributed by atoms with E-state index >= 15 is 0 Å². The molecule has 0 saturated heterocycles. The molecular formula is C19H24N2O6. The molecule has 0 saturated carbocycles. The number of carboxylic acid groups (broad SMARTS) is 2. The zero-order valence-electron chi connectivity index (χ0n) is 14.9. The highest BCUT2D eigenvalue weighted by atomic mass is 16.5. The van der Waals surface area contributed by atoms with Crippen LogP contribution in [0.1, 0.15) is 11.1 Å². The van der Waals surface area contributed by atoms with E-state index in [1.54, 1.807) is 31.4 Å². The minimum absolute atomic E-state index is 0.120. The topological polar surface area (TPSA) is 156 Å². The van der Waals surface area contributed by atoms with Crippen LogP contribution in [0.3, 0.4) is 0 Å². The van der Waals surface area contributed by atoms with Gasteiger partial charge in [-0.25, -0.2) is 0 Å². The first-order valence-corrected chi connectivity index (χ1v) is 8.10. The zero-order chi connectivity index (χ0) is 20.4. The quantitative estimate of drug-likeness (QED) is 0.479. The lowest BCUT2D eigenvalue weighted by Crippen LogP contribution is -2.32. The molecule has 0 amide bonds. The van der Waals surface area contributed by atoms with E-state index in [9.17, 15) is 9.59 Å². The Morgan fingerprint density at radius 3 is 1.89 bits per heavy atom. The minimum atomic E-state index is -1.04. The summed E-state index contributed by atoms with van der Waals surface area (Å²) in [6, 6.07) is 11.8. The number of methoxy groups -OCH3 is 1. The number of ether oxygens (including phenoxy) is 1. The highest BCUT2D eigenvalue weighted by molar-refractivity contribution is 5.73. The molecule has 0 aromatic heterocycles. The molecule has 2 aromatic rings. The number of phenolic OH excluding ortho intramolecular Hbond substituents is 1. The van der Waals surface area contributed by atoms with Crippen LogP contribution in [-0.2, 0) is 22.4 Å². The molecule has 0 heterocycles. The van der Waals surface area contributed by atoms with Gasteiger partial charge in [-0.15, -0.1) is 0 Å². The van der Waals surface area contributed by atoms with Gasteiger partial charge in [-0.05, 0) is 48.2 Å². The number of carboxylic acids is 2. The van der Waals surface area contributed by atoms with Crippen molar-refractivity contribution < 1.29 is 29.6 Å². The normalized spacial score (nSPS) is 12.3. The standard InChI is InChI=1S/C10H13NO3.C9H11NO3/c1-14-8-4-2-7(3-5-8)6-9(11)10(12)13;10-8(9(12)13)5-6-2-1-3-7(11)4-6/h2-5,9H,6,11H2,1H3,(H,12,13);1-4,8,11H,5,10H2,(H,12,13). The summed E-state index contributed by atoms with van der Waals surface area (Å²) in [4.78, 5) is 20.9. The van der Waals surface area contributed by atoms with Crippen molar-refractivity contribution in [2.24, 2.45) is 11.5 Å². The molecule has 0 aliphatic heterocycles. The fourth-order valence-electron chi connectivity index (χ4n) is 2.13. The van der Waals surface area contributed by atoms with Gasteiger partial charge in [0.2, 0.25) is 0 Å². The van der Waals surface area contributed by atoms with Crippen LogP contribution < -0.4 is 16.2 Å². The van der Waals surface area contributed by atoms with Crippen molar-refractivity contribution >= 4 is 11.9 Å². The number of rotatable bonds is 7.